The van der Waals surface area contributed by atoms with E-state index in [9.17, 15) is 4.79 Å². The van der Waals surface area contributed by atoms with E-state index in [1.54, 1.807) is 6.07 Å². The Kier molecular flexibility index (Phi) is 3.07. The Morgan fingerprint density at radius 1 is 1.55 bits per heavy atom. The minimum absolute atomic E-state index is 0.0516. The van der Waals surface area contributed by atoms with Gasteiger partial charge < -0.3 is 5.32 Å². The van der Waals surface area contributed by atoms with Crippen molar-refractivity contribution in [2.75, 3.05) is 6.54 Å². The molecular weight excluding hydrogens is 142 g/mol. The highest BCUT2D eigenvalue weighted by atomic mass is 16.2. The van der Waals surface area contributed by atoms with Crippen LogP contribution < -0.4 is 5.32 Å². The van der Waals surface area contributed by atoms with E-state index in [1.165, 1.54) is 13.8 Å². The first-order valence-corrected chi connectivity index (χ1v) is 3.11. The van der Waals surface area contributed by atoms with E-state index in [0.29, 0.717) is 0 Å². The summed E-state index contributed by atoms with van der Waals surface area (Å²) in [4.78, 5) is 11.0. The van der Waals surface area contributed by atoms with E-state index in [4.69, 9.17) is 10.5 Å². The lowest BCUT2D eigenvalue weighted by Crippen LogP contribution is -2.35. The number of nitriles is 2. The van der Waals surface area contributed by atoms with Crippen molar-refractivity contribution in [1.82, 2.24) is 5.32 Å². The molecule has 1 N–H and O–H groups in total. The van der Waals surface area contributed by atoms with Crippen LogP contribution in [0.25, 0.3) is 0 Å². The quantitative estimate of drug-likeness (QED) is 0.572. The van der Waals surface area contributed by atoms with Crippen molar-refractivity contribution in [1.29, 1.82) is 10.5 Å². The highest BCUT2D eigenvalue weighted by Crippen LogP contribution is 2.11. The molecule has 0 aliphatic carbocycles. The molecule has 0 atom stereocenters. The van der Waals surface area contributed by atoms with Crippen LogP contribution in [0, 0.1) is 28.1 Å². The summed E-state index contributed by atoms with van der Waals surface area (Å²) < 4.78 is 0. The molecule has 0 unspecified atom stereocenters. The second kappa shape index (κ2) is 3.58. The largest absolute Gasteiger partial charge is 0.342 e. The van der Waals surface area contributed by atoms with Gasteiger partial charge in [-0.05, 0) is 13.8 Å². The van der Waals surface area contributed by atoms with Gasteiger partial charge in [-0.3, -0.25) is 4.79 Å². The number of amides is 1. The molecule has 0 saturated heterocycles. The monoisotopic (exact) mass is 151 g/mol. The molecule has 0 spiro atoms. The van der Waals surface area contributed by atoms with E-state index in [0.717, 1.165) is 0 Å². The van der Waals surface area contributed by atoms with Crippen LogP contribution in [0.5, 0.6) is 0 Å². The predicted molar refractivity (Wildman–Crippen MR) is 38.0 cm³/mol. The van der Waals surface area contributed by atoms with Crippen molar-refractivity contribution in [3.63, 3.8) is 0 Å². The Morgan fingerprint density at radius 3 is 2.45 bits per heavy atom. The number of nitrogens with zero attached hydrogens (tertiary/aromatic N) is 2. The van der Waals surface area contributed by atoms with Gasteiger partial charge in [0.15, 0.2) is 0 Å². The van der Waals surface area contributed by atoms with Gasteiger partial charge in [0.2, 0.25) is 5.91 Å². The SMILES string of the molecule is CC(C)(C#N)C(=O)NCC#N. The van der Waals surface area contributed by atoms with E-state index < -0.39 is 11.3 Å². The molecule has 4 heteroatoms. The molecule has 0 radical (unpaired) electrons. The highest BCUT2D eigenvalue weighted by Gasteiger charge is 2.26. The molecule has 11 heavy (non-hydrogen) atoms. The summed E-state index contributed by atoms with van der Waals surface area (Å²) in [6, 6.07) is 3.58. The molecule has 0 aromatic carbocycles. The zero-order valence-electron chi connectivity index (χ0n) is 6.51. The van der Waals surface area contributed by atoms with Crippen LogP contribution in [0.4, 0.5) is 0 Å². The number of carbonyl (C=O) groups excluding carboxylic acids is 1. The molecule has 0 aliphatic heterocycles. The molecule has 1 amide bonds. The summed E-state index contributed by atoms with van der Waals surface area (Å²) in [7, 11) is 0. The number of hydrogen-bond donors (Lipinski definition) is 1. The Hall–Kier alpha value is -1.55. The Labute approximate surface area is 65.4 Å². The van der Waals surface area contributed by atoms with Gasteiger partial charge in [-0.25, -0.2) is 0 Å². The number of carbonyl (C=O) groups is 1. The molecule has 0 rings (SSSR count). The highest BCUT2D eigenvalue weighted by molar-refractivity contribution is 5.84. The van der Waals surface area contributed by atoms with Crippen LogP contribution in [0.1, 0.15) is 13.8 Å². The lowest BCUT2D eigenvalue weighted by Gasteiger charge is -2.12. The van der Waals surface area contributed by atoms with E-state index in [-0.39, 0.29) is 6.54 Å². The standard InChI is InChI=1S/C7H9N3O/c1-7(2,5-9)6(11)10-4-3-8/h4H2,1-2H3,(H,10,11). The Bertz CT molecular complexity index is 231. The first kappa shape index (κ1) is 9.45. The summed E-state index contributed by atoms with van der Waals surface area (Å²) in [6.45, 7) is 2.95. The average Bonchev–Trinajstić information content (AvgIpc) is 2.00. The second-order valence-electron chi connectivity index (χ2n) is 2.58. The minimum Gasteiger partial charge on any atom is -0.342 e. The van der Waals surface area contributed by atoms with Crippen molar-refractivity contribution < 1.29 is 4.79 Å². The van der Waals surface area contributed by atoms with Crippen molar-refractivity contribution in [3.8, 4) is 12.1 Å². The predicted octanol–water partition coefficient (Wildman–Crippen LogP) is 0.176. The summed E-state index contributed by atoms with van der Waals surface area (Å²) in [5.74, 6) is -0.415. The third-order valence-electron chi connectivity index (χ3n) is 1.18. The smallest absolute Gasteiger partial charge is 0.240 e. The van der Waals surface area contributed by atoms with Crippen molar-refractivity contribution in [2.24, 2.45) is 5.41 Å². The van der Waals surface area contributed by atoms with Crippen molar-refractivity contribution >= 4 is 5.91 Å². The fourth-order valence-electron chi connectivity index (χ4n) is 0.392. The topological polar surface area (TPSA) is 76.7 Å². The van der Waals surface area contributed by atoms with Crippen molar-refractivity contribution in [2.45, 2.75) is 13.8 Å². The zero-order valence-corrected chi connectivity index (χ0v) is 6.51. The maximum absolute atomic E-state index is 11.0. The maximum Gasteiger partial charge on any atom is 0.240 e. The van der Waals surface area contributed by atoms with Crippen LogP contribution >= 0.6 is 0 Å². The minimum atomic E-state index is -1.04. The lowest BCUT2D eigenvalue weighted by molar-refractivity contribution is -0.126. The van der Waals surface area contributed by atoms with Crippen molar-refractivity contribution in [3.05, 3.63) is 0 Å². The molecule has 0 aliphatic rings. The van der Waals surface area contributed by atoms with E-state index >= 15 is 0 Å². The van der Waals surface area contributed by atoms with Gasteiger partial charge in [-0.1, -0.05) is 0 Å². The van der Waals surface area contributed by atoms with Crippen LogP contribution in [0.15, 0.2) is 0 Å². The van der Waals surface area contributed by atoms with Gasteiger partial charge >= 0.3 is 0 Å². The number of nitrogens with one attached hydrogen (secondary N) is 1. The summed E-state index contributed by atoms with van der Waals surface area (Å²) in [5, 5.41) is 18.9. The normalized spacial score (nSPS) is 9.45. The fourth-order valence-corrected chi connectivity index (χ4v) is 0.392. The van der Waals surface area contributed by atoms with Crippen LogP contribution in [0.2, 0.25) is 0 Å². The first-order valence-electron chi connectivity index (χ1n) is 3.11. The number of rotatable bonds is 2. The molecule has 58 valence electrons. The van der Waals surface area contributed by atoms with Crippen LogP contribution in [-0.4, -0.2) is 12.5 Å². The summed E-state index contributed by atoms with van der Waals surface area (Å²) >= 11 is 0. The van der Waals surface area contributed by atoms with Crippen LogP contribution in [-0.2, 0) is 4.79 Å². The molecule has 0 bridgehead atoms. The Balaban J connectivity index is 4.08. The Morgan fingerprint density at radius 2 is 2.09 bits per heavy atom. The lowest BCUT2D eigenvalue weighted by atomic mass is 9.95. The van der Waals surface area contributed by atoms with E-state index in [2.05, 4.69) is 5.32 Å². The molecule has 4 nitrogen and oxygen atoms in total. The summed E-state index contributed by atoms with van der Waals surface area (Å²) in [6.07, 6.45) is 0. The first-order chi connectivity index (χ1) is 5.04. The number of hydrogen-bond acceptors (Lipinski definition) is 3. The van der Waals surface area contributed by atoms with Crippen LogP contribution in [0.3, 0.4) is 0 Å². The average molecular weight is 151 g/mol. The second-order valence-corrected chi connectivity index (χ2v) is 2.58. The van der Waals surface area contributed by atoms with Gasteiger partial charge in [0, 0.05) is 0 Å². The van der Waals surface area contributed by atoms with Gasteiger partial charge in [0.25, 0.3) is 0 Å². The van der Waals surface area contributed by atoms with Gasteiger partial charge in [0.05, 0.1) is 12.1 Å². The summed E-state index contributed by atoms with van der Waals surface area (Å²) in [5.41, 5.74) is -1.04. The molecule has 0 saturated carbocycles. The zero-order chi connectivity index (χ0) is 8.91. The molecule has 0 aromatic rings. The van der Waals surface area contributed by atoms with Gasteiger partial charge in [-0.2, -0.15) is 10.5 Å². The molecular formula is C7H9N3O. The fraction of sp³-hybridized carbons (Fsp3) is 0.571. The molecule has 0 aromatic heterocycles. The maximum atomic E-state index is 11.0. The van der Waals surface area contributed by atoms with Gasteiger partial charge in [0.1, 0.15) is 12.0 Å². The third kappa shape index (κ3) is 2.68. The molecule has 0 fully saturated rings. The third-order valence-corrected chi connectivity index (χ3v) is 1.18. The van der Waals surface area contributed by atoms with E-state index in [1.807, 2.05) is 6.07 Å². The molecule has 0 heterocycles. The van der Waals surface area contributed by atoms with Gasteiger partial charge in [-0.15, -0.1) is 0 Å².